The summed E-state index contributed by atoms with van der Waals surface area (Å²) in [6, 6.07) is 1.30. The number of hydrogen-bond acceptors (Lipinski definition) is 8. The molecule has 2 aliphatic heterocycles. The van der Waals surface area contributed by atoms with Crippen LogP contribution in [-0.2, 0) is 18.3 Å². The molecule has 0 bridgehead atoms. The number of ether oxygens (including phenoxy) is 2. The summed E-state index contributed by atoms with van der Waals surface area (Å²) < 4.78 is 27.9. The van der Waals surface area contributed by atoms with Crippen molar-refractivity contribution in [3.63, 3.8) is 0 Å². The average molecular weight is 544 g/mol. The van der Waals surface area contributed by atoms with Crippen molar-refractivity contribution in [1.82, 2.24) is 14.6 Å². The quantitative estimate of drug-likeness (QED) is 0.523. The molecule has 1 unspecified atom stereocenters. The Kier molecular flexibility index (Phi) is 8.08. The van der Waals surface area contributed by atoms with Crippen molar-refractivity contribution in [2.45, 2.75) is 108 Å². The van der Waals surface area contributed by atoms with Gasteiger partial charge in [-0.2, -0.15) is 5.06 Å². The molecule has 0 radical (unpaired) electrons. The molecule has 3 heterocycles. The molecule has 0 aliphatic carbocycles. The minimum atomic E-state index is -2.37. The zero-order valence-corrected chi connectivity index (χ0v) is 25.5. The summed E-state index contributed by atoms with van der Waals surface area (Å²) in [5, 5.41) is 11.1. The van der Waals surface area contributed by atoms with Crippen LogP contribution >= 0.6 is 0 Å². The Balaban J connectivity index is 2.10. The van der Waals surface area contributed by atoms with E-state index in [-0.39, 0.29) is 23.4 Å². The second-order valence-corrected chi connectivity index (χ2v) is 22.7. The molecular formula is C24H45N3O7Si2. The minimum Gasteiger partial charge on any atom is -0.414 e. The van der Waals surface area contributed by atoms with E-state index in [0.29, 0.717) is 13.0 Å². The van der Waals surface area contributed by atoms with E-state index in [4.69, 9.17) is 18.3 Å². The highest BCUT2D eigenvalue weighted by atomic mass is 28.4. The highest BCUT2D eigenvalue weighted by molar-refractivity contribution is 6.74. The van der Waals surface area contributed by atoms with Crippen molar-refractivity contribution in [2.24, 2.45) is 0 Å². The minimum absolute atomic E-state index is 0.000382. The van der Waals surface area contributed by atoms with Crippen LogP contribution in [0.15, 0.2) is 21.9 Å². The molecule has 3 rings (SSSR count). The number of hydroxylamine groups is 2. The van der Waals surface area contributed by atoms with E-state index in [1.54, 1.807) is 0 Å². The first kappa shape index (κ1) is 29.4. The second kappa shape index (κ2) is 9.88. The molecule has 12 heteroatoms. The van der Waals surface area contributed by atoms with Crippen LogP contribution in [0.4, 0.5) is 0 Å². The molecule has 10 nitrogen and oxygen atoms in total. The lowest BCUT2D eigenvalue weighted by molar-refractivity contribution is -0.265. The van der Waals surface area contributed by atoms with Crippen LogP contribution in [0.1, 0.15) is 54.2 Å². The Hall–Kier alpha value is -1.13. The van der Waals surface area contributed by atoms with E-state index < -0.39 is 51.9 Å². The van der Waals surface area contributed by atoms with E-state index in [1.807, 2.05) is 0 Å². The number of rotatable bonds is 6. The molecular weight excluding hydrogens is 498 g/mol. The molecule has 0 aromatic carbocycles. The van der Waals surface area contributed by atoms with E-state index in [0.717, 1.165) is 5.06 Å². The first-order valence-electron chi connectivity index (χ1n) is 12.7. The Bertz CT molecular complexity index is 1030. The lowest BCUT2D eigenvalue weighted by Gasteiger charge is -2.47. The molecule has 36 heavy (non-hydrogen) atoms. The monoisotopic (exact) mass is 543 g/mol. The third-order valence-electron chi connectivity index (χ3n) is 8.59. The van der Waals surface area contributed by atoms with Crippen LogP contribution in [0, 0.1) is 0 Å². The van der Waals surface area contributed by atoms with Gasteiger partial charge in [0.25, 0.3) is 5.56 Å². The third kappa shape index (κ3) is 5.65. The summed E-state index contributed by atoms with van der Waals surface area (Å²) >= 11 is 0. The highest BCUT2D eigenvalue weighted by Gasteiger charge is 2.62. The Morgan fingerprint density at radius 1 is 1.11 bits per heavy atom. The Labute approximate surface area is 216 Å². The van der Waals surface area contributed by atoms with Gasteiger partial charge in [0.05, 0.1) is 6.61 Å². The van der Waals surface area contributed by atoms with Crippen molar-refractivity contribution in [3.05, 3.63) is 33.1 Å². The highest BCUT2D eigenvalue weighted by Crippen LogP contribution is 2.49. The van der Waals surface area contributed by atoms with Crippen molar-refractivity contribution in [3.8, 4) is 0 Å². The zero-order chi connectivity index (χ0) is 27.3. The number of nitrogens with zero attached hydrogens (tertiary/aromatic N) is 2. The van der Waals surface area contributed by atoms with Gasteiger partial charge in [-0.15, -0.1) is 0 Å². The molecule has 4 atom stereocenters. The summed E-state index contributed by atoms with van der Waals surface area (Å²) in [5.41, 5.74) is -2.00. The molecule has 0 saturated carbocycles. The van der Waals surface area contributed by atoms with Crippen molar-refractivity contribution < 1.29 is 23.5 Å². The van der Waals surface area contributed by atoms with Crippen LogP contribution < -0.4 is 11.2 Å². The smallest absolute Gasteiger partial charge is 0.330 e. The normalized spacial score (nSPS) is 28.7. The van der Waals surface area contributed by atoms with Crippen molar-refractivity contribution in [2.75, 3.05) is 19.9 Å². The van der Waals surface area contributed by atoms with Crippen molar-refractivity contribution >= 4 is 16.6 Å². The molecule has 2 N–H and O–H groups in total. The van der Waals surface area contributed by atoms with Crippen LogP contribution in [0.3, 0.4) is 0 Å². The van der Waals surface area contributed by atoms with Gasteiger partial charge in [-0.05, 0) is 42.7 Å². The van der Waals surface area contributed by atoms with Gasteiger partial charge < -0.3 is 23.5 Å². The average Bonchev–Trinajstić information content (AvgIpc) is 2.99. The SMILES string of the molecule is CC(C)(C)[Si](C)(C)OC[C@H]1O[C@@H](n2ccc(=O)[nH]c2=O)C(O[Si](C)(C)C(C)(C)C)[C@]12CCN(O)CO2. The number of nitrogens with one attached hydrogen (secondary N) is 1. The van der Waals surface area contributed by atoms with Gasteiger partial charge in [0, 0.05) is 18.8 Å². The van der Waals surface area contributed by atoms with Gasteiger partial charge in [-0.25, -0.2) is 4.79 Å². The summed E-state index contributed by atoms with van der Waals surface area (Å²) in [7, 11) is -4.50. The van der Waals surface area contributed by atoms with Crippen LogP contribution in [-0.4, -0.2) is 74.1 Å². The molecule has 1 aromatic heterocycles. The van der Waals surface area contributed by atoms with E-state index in [2.05, 4.69) is 72.7 Å². The molecule has 1 aromatic rings. The molecule has 2 fully saturated rings. The molecule has 0 amide bonds. The third-order valence-corrected chi connectivity index (χ3v) is 17.5. The topological polar surface area (TPSA) is 115 Å². The van der Waals surface area contributed by atoms with Crippen LogP contribution in [0.2, 0.25) is 36.3 Å². The summed E-state index contributed by atoms with van der Waals surface area (Å²) in [6.45, 7) is 22.3. The van der Waals surface area contributed by atoms with E-state index in [1.165, 1.54) is 16.8 Å². The maximum atomic E-state index is 12.9. The first-order valence-corrected chi connectivity index (χ1v) is 18.5. The largest absolute Gasteiger partial charge is 0.414 e. The van der Waals surface area contributed by atoms with Crippen LogP contribution in [0.5, 0.6) is 0 Å². The molecule has 2 aliphatic rings. The van der Waals surface area contributed by atoms with Gasteiger partial charge in [0.1, 0.15) is 24.5 Å². The predicted octanol–water partition coefficient (Wildman–Crippen LogP) is 3.65. The fourth-order valence-electron chi connectivity index (χ4n) is 4.07. The van der Waals surface area contributed by atoms with Crippen molar-refractivity contribution in [1.29, 1.82) is 0 Å². The summed E-state index contributed by atoms with van der Waals surface area (Å²) in [5.74, 6) is 0. The number of hydrogen-bond donors (Lipinski definition) is 2. The first-order chi connectivity index (χ1) is 16.3. The zero-order valence-electron chi connectivity index (χ0n) is 23.5. The fourth-order valence-corrected chi connectivity index (χ4v) is 6.37. The summed E-state index contributed by atoms with van der Waals surface area (Å²) in [4.78, 5) is 27.0. The van der Waals surface area contributed by atoms with E-state index >= 15 is 0 Å². The van der Waals surface area contributed by atoms with Gasteiger partial charge in [0.2, 0.25) is 0 Å². The Morgan fingerprint density at radius 3 is 2.22 bits per heavy atom. The number of aromatic amines is 1. The van der Waals surface area contributed by atoms with E-state index in [9.17, 15) is 14.8 Å². The number of aromatic nitrogens is 2. The Morgan fingerprint density at radius 2 is 1.72 bits per heavy atom. The number of H-pyrrole nitrogens is 1. The van der Waals surface area contributed by atoms with Crippen LogP contribution in [0.25, 0.3) is 0 Å². The lowest BCUT2D eigenvalue weighted by Crippen LogP contribution is -2.61. The standard InChI is InChI=1S/C24H45N3O7Si2/c1-22(2,3)35(7,8)32-15-17-24(12-14-26(30)16-31-24)19(34-36(9,10)23(4,5)6)20(33-17)27-13-11-18(28)25-21(27)29/h11,13,17,19-20,30H,12,14-16H2,1-10H3,(H,25,28,29)/t17-,19?,20-,24+/m1/s1. The fraction of sp³-hybridized carbons (Fsp3) is 0.833. The second-order valence-electron chi connectivity index (χ2n) is 13.1. The predicted molar refractivity (Wildman–Crippen MR) is 142 cm³/mol. The lowest BCUT2D eigenvalue weighted by atomic mass is 9.87. The van der Waals surface area contributed by atoms with Gasteiger partial charge in [0.15, 0.2) is 22.9 Å². The maximum Gasteiger partial charge on any atom is 0.330 e. The molecule has 206 valence electrons. The van der Waals surface area contributed by atoms with Gasteiger partial charge in [-0.3, -0.25) is 14.3 Å². The summed E-state index contributed by atoms with van der Waals surface area (Å²) in [6.07, 6.45) is -0.146. The molecule has 1 spiro atoms. The maximum absolute atomic E-state index is 12.9. The van der Waals surface area contributed by atoms with Gasteiger partial charge >= 0.3 is 5.69 Å². The van der Waals surface area contributed by atoms with Gasteiger partial charge in [-0.1, -0.05) is 41.5 Å². The molecule has 2 saturated heterocycles.